The lowest BCUT2D eigenvalue weighted by Crippen LogP contribution is -2.53. The van der Waals surface area contributed by atoms with E-state index < -0.39 is 36.3 Å². The van der Waals surface area contributed by atoms with Gasteiger partial charge in [-0.25, -0.2) is 4.79 Å². The van der Waals surface area contributed by atoms with Gasteiger partial charge in [0.05, 0.1) is 0 Å². The molecule has 0 rings (SSSR count). The number of carbonyl (C=O) groups excluding carboxylic acids is 1. The van der Waals surface area contributed by atoms with Crippen LogP contribution < -0.4 is 11.5 Å². The van der Waals surface area contributed by atoms with Crippen LogP contribution in [0.2, 0.25) is 0 Å². The van der Waals surface area contributed by atoms with E-state index in [0.717, 1.165) is 38.5 Å². The van der Waals surface area contributed by atoms with Crippen LogP contribution in [0.4, 0.5) is 0 Å². The number of nitrogens with zero attached hydrogens (tertiary/aromatic N) is 1. The summed E-state index contributed by atoms with van der Waals surface area (Å²) in [6.07, 6.45) is -1.94. The molecule has 0 fully saturated rings. The summed E-state index contributed by atoms with van der Waals surface area (Å²) in [5.74, 6) is -2.57. The highest BCUT2D eigenvalue weighted by Crippen LogP contribution is 2.12. The van der Waals surface area contributed by atoms with Gasteiger partial charge in [-0.05, 0) is 38.8 Å². The molecule has 0 saturated carbocycles. The molecule has 10 nitrogen and oxygen atoms in total. The lowest BCUT2D eigenvalue weighted by atomic mass is 10.0. The molecular weight excluding hydrogens is 370 g/mol. The van der Waals surface area contributed by atoms with Crippen LogP contribution in [0.3, 0.4) is 0 Å². The van der Waals surface area contributed by atoms with E-state index in [2.05, 4.69) is 0 Å². The van der Waals surface area contributed by atoms with Crippen molar-refractivity contribution in [3.8, 4) is 0 Å². The molecule has 0 spiro atoms. The molecule has 28 heavy (non-hydrogen) atoms. The number of aliphatic hydroxyl groups excluding tert-OH is 4. The summed E-state index contributed by atoms with van der Waals surface area (Å²) in [4.78, 5) is 24.7. The Hall–Kier alpha value is -1.30. The number of hydrogen-bond donors (Lipinski definition) is 7. The van der Waals surface area contributed by atoms with Crippen molar-refractivity contribution in [2.45, 2.75) is 75.8 Å². The first-order valence-electron chi connectivity index (χ1n) is 9.91. The molecular formula is C18H37N3O7. The minimum atomic E-state index is -2.31. The van der Waals surface area contributed by atoms with E-state index in [4.69, 9.17) is 16.6 Å². The van der Waals surface area contributed by atoms with Crippen LogP contribution in [-0.2, 0) is 9.59 Å². The van der Waals surface area contributed by atoms with Crippen LogP contribution in [0.5, 0.6) is 0 Å². The van der Waals surface area contributed by atoms with Crippen LogP contribution in [0, 0.1) is 0 Å². The molecule has 0 aromatic heterocycles. The SMILES string of the molecule is NCCCCCCN(CCCCCCN)C(=O)[C@@H](O)[C@H](O)[C@H](O)[C@@H](O)C(=O)O. The molecule has 0 aliphatic heterocycles. The molecule has 9 N–H and O–H groups in total. The van der Waals surface area contributed by atoms with Crippen molar-refractivity contribution in [3.05, 3.63) is 0 Å². The number of carbonyl (C=O) groups is 2. The number of hydrogen-bond acceptors (Lipinski definition) is 8. The van der Waals surface area contributed by atoms with Gasteiger partial charge in [0, 0.05) is 13.1 Å². The molecule has 0 radical (unpaired) electrons. The Morgan fingerprint density at radius 2 is 1.07 bits per heavy atom. The number of aliphatic hydroxyl groups is 4. The van der Waals surface area contributed by atoms with Crippen molar-refractivity contribution in [1.82, 2.24) is 4.90 Å². The Kier molecular flexibility index (Phi) is 14.9. The van der Waals surface area contributed by atoms with Gasteiger partial charge in [0.2, 0.25) is 0 Å². The summed E-state index contributed by atoms with van der Waals surface area (Å²) in [5, 5.41) is 47.7. The zero-order valence-electron chi connectivity index (χ0n) is 16.4. The van der Waals surface area contributed by atoms with Gasteiger partial charge in [-0.2, -0.15) is 0 Å². The molecule has 0 saturated heterocycles. The van der Waals surface area contributed by atoms with Crippen molar-refractivity contribution in [2.24, 2.45) is 11.5 Å². The highest BCUT2D eigenvalue weighted by molar-refractivity contribution is 5.81. The van der Waals surface area contributed by atoms with E-state index >= 15 is 0 Å². The molecule has 0 aliphatic rings. The summed E-state index contributed by atoms with van der Waals surface area (Å²) in [6, 6.07) is 0. The Labute approximate surface area is 166 Å². The van der Waals surface area contributed by atoms with Gasteiger partial charge in [0.1, 0.15) is 12.2 Å². The largest absolute Gasteiger partial charge is 0.479 e. The lowest BCUT2D eigenvalue weighted by molar-refractivity contribution is -0.169. The maximum absolute atomic E-state index is 12.6. The van der Waals surface area contributed by atoms with Gasteiger partial charge >= 0.3 is 5.97 Å². The van der Waals surface area contributed by atoms with Gasteiger partial charge in [0.25, 0.3) is 5.91 Å². The van der Waals surface area contributed by atoms with Gasteiger partial charge < -0.3 is 41.9 Å². The summed E-state index contributed by atoms with van der Waals surface area (Å²) in [5.41, 5.74) is 10.9. The normalized spacial score (nSPS) is 15.6. The van der Waals surface area contributed by atoms with Crippen LogP contribution in [0.15, 0.2) is 0 Å². The van der Waals surface area contributed by atoms with Crippen LogP contribution in [-0.4, -0.2) is 92.9 Å². The van der Waals surface area contributed by atoms with E-state index in [1.807, 2.05) is 0 Å². The quantitative estimate of drug-likeness (QED) is 0.139. The number of aliphatic carboxylic acids is 1. The van der Waals surface area contributed by atoms with Gasteiger partial charge in [-0.3, -0.25) is 4.79 Å². The van der Waals surface area contributed by atoms with Gasteiger partial charge in [0.15, 0.2) is 12.2 Å². The van der Waals surface area contributed by atoms with Gasteiger partial charge in [-0.15, -0.1) is 0 Å². The molecule has 1 amide bonds. The average molecular weight is 408 g/mol. The average Bonchev–Trinajstić information content (AvgIpc) is 2.68. The molecule has 0 heterocycles. The Morgan fingerprint density at radius 1 is 0.679 bits per heavy atom. The summed E-state index contributed by atoms with van der Waals surface area (Å²) in [7, 11) is 0. The van der Waals surface area contributed by atoms with E-state index in [1.165, 1.54) is 4.90 Å². The Morgan fingerprint density at radius 3 is 1.46 bits per heavy atom. The molecule has 0 aliphatic carbocycles. The Bertz CT molecular complexity index is 425. The minimum Gasteiger partial charge on any atom is -0.479 e. The second-order valence-electron chi connectivity index (χ2n) is 6.94. The first kappa shape index (κ1) is 26.7. The van der Waals surface area contributed by atoms with Crippen molar-refractivity contribution in [3.63, 3.8) is 0 Å². The zero-order valence-corrected chi connectivity index (χ0v) is 16.4. The number of carboxylic acid groups (broad SMARTS) is 1. The standard InChI is InChI=1S/C18H37N3O7/c19-9-5-1-3-7-11-21(12-8-4-2-6-10-20)17(26)15(24)13(22)14(23)16(25)18(27)28/h13-16,22-25H,1-12,19-20H2,(H,27,28)/t13-,14+,15+,16-/m1/s1. The summed E-state index contributed by atoms with van der Waals surface area (Å²) >= 11 is 0. The third-order valence-corrected chi connectivity index (χ3v) is 4.58. The second-order valence-corrected chi connectivity index (χ2v) is 6.94. The molecule has 0 unspecified atom stereocenters. The molecule has 0 aromatic rings. The fourth-order valence-electron chi connectivity index (χ4n) is 2.79. The highest BCUT2D eigenvalue weighted by atomic mass is 16.4. The van der Waals surface area contributed by atoms with Crippen molar-refractivity contribution >= 4 is 11.9 Å². The number of carboxylic acids is 1. The van der Waals surface area contributed by atoms with Crippen LogP contribution >= 0.6 is 0 Å². The zero-order chi connectivity index (χ0) is 21.5. The fourth-order valence-corrected chi connectivity index (χ4v) is 2.79. The second kappa shape index (κ2) is 15.6. The fraction of sp³-hybridized carbons (Fsp3) is 0.889. The first-order valence-corrected chi connectivity index (χ1v) is 9.91. The first-order chi connectivity index (χ1) is 13.3. The molecule has 10 heteroatoms. The van der Waals surface area contributed by atoms with Crippen molar-refractivity contribution < 1.29 is 35.1 Å². The summed E-state index contributed by atoms with van der Waals surface area (Å²) < 4.78 is 0. The van der Waals surface area contributed by atoms with E-state index in [-0.39, 0.29) is 0 Å². The predicted molar refractivity (Wildman–Crippen MR) is 103 cm³/mol. The van der Waals surface area contributed by atoms with Crippen LogP contribution in [0.25, 0.3) is 0 Å². The van der Waals surface area contributed by atoms with Crippen LogP contribution in [0.1, 0.15) is 51.4 Å². The maximum Gasteiger partial charge on any atom is 0.335 e. The van der Waals surface area contributed by atoms with Crippen molar-refractivity contribution in [2.75, 3.05) is 26.2 Å². The maximum atomic E-state index is 12.6. The van der Waals surface area contributed by atoms with Crippen molar-refractivity contribution in [1.29, 1.82) is 0 Å². The Balaban J connectivity index is 4.80. The molecule has 0 aromatic carbocycles. The van der Waals surface area contributed by atoms with Gasteiger partial charge in [-0.1, -0.05) is 25.7 Å². The molecule has 0 bridgehead atoms. The topological polar surface area (TPSA) is 191 Å². The molecule has 166 valence electrons. The highest BCUT2D eigenvalue weighted by Gasteiger charge is 2.38. The smallest absolute Gasteiger partial charge is 0.335 e. The molecule has 4 atom stereocenters. The predicted octanol–water partition coefficient (Wildman–Crippen LogP) is -1.62. The monoisotopic (exact) mass is 407 g/mol. The number of unbranched alkanes of at least 4 members (excludes halogenated alkanes) is 6. The minimum absolute atomic E-state index is 0.363. The van der Waals surface area contributed by atoms with E-state index in [1.54, 1.807) is 0 Å². The lowest BCUT2D eigenvalue weighted by Gasteiger charge is -2.29. The number of nitrogens with two attached hydrogens (primary N) is 2. The van der Waals surface area contributed by atoms with E-state index in [0.29, 0.717) is 39.0 Å². The third-order valence-electron chi connectivity index (χ3n) is 4.58. The summed E-state index contributed by atoms with van der Waals surface area (Å²) in [6.45, 7) is 1.92. The van der Waals surface area contributed by atoms with E-state index in [9.17, 15) is 30.0 Å². The number of amides is 1. The number of rotatable bonds is 17. The third kappa shape index (κ3) is 10.3.